The highest BCUT2D eigenvalue weighted by atomic mass is 16.3. The van der Waals surface area contributed by atoms with Crippen LogP contribution in [0.1, 0.15) is 0 Å². The number of nitrogens with zero attached hydrogens (tertiary/aromatic N) is 3. The van der Waals surface area contributed by atoms with E-state index in [1.807, 2.05) is 60.7 Å². The van der Waals surface area contributed by atoms with Gasteiger partial charge in [0.25, 0.3) is 0 Å². The van der Waals surface area contributed by atoms with Crippen molar-refractivity contribution in [1.29, 1.82) is 0 Å². The Hall–Kier alpha value is -7.37. The number of aromatic nitrogens is 3. The van der Waals surface area contributed by atoms with Gasteiger partial charge in [-0.1, -0.05) is 140 Å². The van der Waals surface area contributed by atoms with Crippen molar-refractivity contribution in [3.63, 3.8) is 0 Å². The van der Waals surface area contributed by atoms with Crippen molar-refractivity contribution in [2.45, 2.75) is 0 Å². The SMILES string of the molecule is c1ccc(-c2ccc(-c3nc(-c4cccc5c4oc4ccccc45)nc(-c4cc5cc(-c6ccccc6)ccc5c5oc6ccccc6c45)n3)cc2)cc1. The smallest absolute Gasteiger partial charge is 0.167 e. The quantitative estimate of drug-likeness (QED) is 0.180. The summed E-state index contributed by atoms with van der Waals surface area (Å²) >= 11 is 0. The minimum absolute atomic E-state index is 0.533. The lowest BCUT2D eigenvalue weighted by atomic mass is 9.96. The maximum absolute atomic E-state index is 6.66. The zero-order valence-electron chi connectivity index (χ0n) is 28.9. The summed E-state index contributed by atoms with van der Waals surface area (Å²) in [5.74, 6) is 1.66. The maximum Gasteiger partial charge on any atom is 0.167 e. The second-order valence-corrected chi connectivity index (χ2v) is 13.6. The van der Waals surface area contributed by atoms with Crippen molar-refractivity contribution in [3.05, 3.63) is 176 Å². The maximum atomic E-state index is 6.66. The summed E-state index contributed by atoms with van der Waals surface area (Å²) in [6.07, 6.45) is 0. The van der Waals surface area contributed by atoms with E-state index in [2.05, 4.69) is 115 Å². The Balaban J connectivity index is 1.19. The van der Waals surface area contributed by atoms with E-state index in [1.165, 1.54) is 0 Å². The van der Waals surface area contributed by atoms with Crippen LogP contribution in [0.4, 0.5) is 0 Å². The molecule has 0 aliphatic rings. The fourth-order valence-corrected chi connectivity index (χ4v) is 7.72. The molecule has 0 radical (unpaired) electrons. The predicted octanol–water partition coefficient (Wildman–Crippen LogP) is 13.2. The molecule has 0 amide bonds. The van der Waals surface area contributed by atoms with Crippen molar-refractivity contribution in [1.82, 2.24) is 15.0 Å². The summed E-state index contributed by atoms with van der Waals surface area (Å²) in [5, 5.41) is 6.11. The molecule has 8 aromatic carbocycles. The van der Waals surface area contributed by atoms with E-state index in [9.17, 15) is 0 Å². The van der Waals surface area contributed by atoms with Crippen LogP contribution in [-0.4, -0.2) is 15.0 Å². The summed E-state index contributed by atoms with van der Waals surface area (Å²) in [7, 11) is 0. The van der Waals surface area contributed by atoms with E-state index >= 15 is 0 Å². The van der Waals surface area contributed by atoms with Gasteiger partial charge < -0.3 is 8.83 Å². The minimum Gasteiger partial charge on any atom is -0.455 e. The lowest BCUT2D eigenvalue weighted by Crippen LogP contribution is -2.01. The molecule has 0 aliphatic carbocycles. The lowest BCUT2D eigenvalue weighted by Gasteiger charge is -2.12. The molecule has 11 aromatic rings. The van der Waals surface area contributed by atoms with E-state index in [-0.39, 0.29) is 0 Å². The van der Waals surface area contributed by atoms with Crippen LogP contribution < -0.4 is 0 Å². The zero-order valence-corrected chi connectivity index (χ0v) is 28.9. The van der Waals surface area contributed by atoms with Crippen molar-refractivity contribution in [2.24, 2.45) is 0 Å². The summed E-state index contributed by atoms with van der Waals surface area (Å²) in [6, 6.07) is 60.4. The van der Waals surface area contributed by atoms with Gasteiger partial charge in [-0.15, -0.1) is 0 Å². The van der Waals surface area contributed by atoms with Gasteiger partial charge in [-0.2, -0.15) is 0 Å². The van der Waals surface area contributed by atoms with Crippen molar-refractivity contribution >= 4 is 54.6 Å². The van der Waals surface area contributed by atoms with Gasteiger partial charge in [0.1, 0.15) is 22.3 Å². The Kier molecular flexibility index (Phi) is 6.79. The first-order valence-electron chi connectivity index (χ1n) is 18.0. The first-order chi connectivity index (χ1) is 26.7. The minimum atomic E-state index is 0.533. The molecule has 0 spiro atoms. The number of para-hydroxylation sites is 3. The van der Waals surface area contributed by atoms with Crippen LogP contribution in [0.25, 0.3) is 111 Å². The molecule has 5 nitrogen and oxygen atoms in total. The molecule has 0 saturated heterocycles. The van der Waals surface area contributed by atoms with E-state index in [0.717, 1.165) is 93.6 Å². The predicted molar refractivity (Wildman–Crippen MR) is 219 cm³/mol. The monoisotopic (exact) mass is 691 g/mol. The van der Waals surface area contributed by atoms with Crippen molar-refractivity contribution in [3.8, 4) is 56.4 Å². The van der Waals surface area contributed by atoms with Gasteiger partial charge in [0.15, 0.2) is 17.5 Å². The van der Waals surface area contributed by atoms with Crippen LogP contribution in [0.3, 0.4) is 0 Å². The van der Waals surface area contributed by atoms with Crippen molar-refractivity contribution < 1.29 is 8.83 Å². The van der Waals surface area contributed by atoms with E-state index in [1.54, 1.807) is 0 Å². The summed E-state index contributed by atoms with van der Waals surface area (Å²) in [4.78, 5) is 15.7. The van der Waals surface area contributed by atoms with Gasteiger partial charge in [0, 0.05) is 38.1 Å². The molecule has 3 aromatic heterocycles. The van der Waals surface area contributed by atoms with Gasteiger partial charge in [-0.3, -0.25) is 0 Å². The van der Waals surface area contributed by atoms with Crippen LogP contribution in [-0.2, 0) is 0 Å². The molecule has 5 heteroatoms. The van der Waals surface area contributed by atoms with Gasteiger partial charge in [0.2, 0.25) is 0 Å². The molecule has 0 bridgehead atoms. The van der Waals surface area contributed by atoms with Gasteiger partial charge in [0.05, 0.1) is 5.56 Å². The lowest BCUT2D eigenvalue weighted by molar-refractivity contribution is 0.669. The molecule has 0 unspecified atom stereocenters. The molecule has 0 saturated carbocycles. The van der Waals surface area contributed by atoms with Crippen LogP contribution in [0, 0.1) is 0 Å². The molecule has 0 atom stereocenters. The number of furan rings is 2. The Labute approximate surface area is 309 Å². The Morgan fingerprint density at radius 2 is 0.852 bits per heavy atom. The third kappa shape index (κ3) is 4.90. The molecule has 0 aliphatic heterocycles. The average Bonchev–Trinajstić information content (AvgIpc) is 3.83. The highest BCUT2D eigenvalue weighted by Crippen LogP contribution is 2.42. The topological polar surface area (TPSA) is 65.0 Å². The third-order valence-electron chi connectivity index (χ3n) is 10.3. The summed E-state index contributed by atoms with van der Waals surface area (Å²) in [5.41, 5.74) is 10.3. The Morgan fingerprint density at radius 3 is 1.61 bits per heavy atom. The van der Waals surface area contributed by atoms with Crippen LogP contribution >= 0.6 is 0 Å². The fraction of sp³-hybridized carbons (Fsp3) is 0. The van der Waals surface area contributed by atoms with Crippen molar-refractivity contribution in [2.75, 3.05) is 0 Å². The summed E-state index contributed by atoms with van der Waals surface area (Å²) in [6.45, 7) is 0. The fourth-order valence-electron chi connectivity index (χ4n) is 7.72. The van der Waals surface area contributed by atoms with E-state index < -0.39 is 0 Å². The first kappa shape index (κ1) is 30.3. The van der Waals surface area contributed by atoms with Crippen LogP contribution in [0.2, 0.25) is 0 Å². The van der Waals surface area contributed by atoms with Gasteiger partial charge in [-0.05, 0) is 64.0 Å². The number of fused-ring (bicyclic) bond motifs is 8. The highest BCUT2D eigenvalue weighted by molar-refractivity contribution is 6.21. The molecule has 252 valence electrons. The largest absolute Gasteiger partial charge is 0.455 e. The average molecular weight is 692 g/mol. The zero-order chi connectivity index (χ0) is 35.6. The Morgan fingerprint density at radius 1 is 0.315 bits per heavy atom. The summed E-state index contributed by atoms with van der Waals surface area (Å²) < 4.78 is 13.2. The van der Waals surface area contributed by atoms with Crippen LogP contribution in [0.5, 0.6) is 0 Å². The highest BCUT2D eigenvalue weighted by Gasteiger charge is 2.22. The van der Waals surface area contributed by atoms with E-state index in [4.69, 9.17) is 23.8 Å². The molecule has 11 rings (SSSR count). The Bertz CT molecular complexity index is 3200. The second kappa shape index (κ2) is 12.1. The first-order valence-corrected chi connectivity index (χ1v) is 18.0. The number of rotatable bonds is 5. The third-order valence-corrected chi connectivity index (χ3v) is 10.3. The molecular weight excluding hydrogens is 663 g/mol. The second-order valence-electron chi connectivity index (χ2n) is 13.6. The standard InChI is InChI=1S/C49H29N3O2/c1-3-12-30(13-4-1)32-22-24-33(25-23-32)47-50-48(40-19-11-18-38-37-16-7-9-20-42(37)53-45(38)40)52-49(51-47)41-29-35-28-34(31-14-5-2-6-15-31)26-27-36(35)46-44(41)39-17-8-10-21-43(39)54-46/h1-29H. The van der Waals surface area contributed by atoms with Crippen LogP contribution in [0.15, 0.2) is 185 Å². The number of hydrogen-bond acceptors (Lipinski definition) is 5. The van der Waals surface area contributed by atoms with Gasteiger partial charge in [-0.25, -0.2) is 15.0 Å². The molecule has 3 heterocycles. The molecule has 0 fully saturated rings. The van der Waals surface area contributed by atoms with Gasteiger partial charge >= 0.3 is 0 Å². The molecule has 54 heavy (non-hydrogen) atoms. The normalized spacial score (nSPS) is 11.7. The molecule has 0 N–H and O–H groups in total. The number of benzene rings is 8. The molecular formula is C49H29N3O2. The van der Waals surface area contributed by atoms with E-state index in [0.29, 0.717) is 17.5 Å². The number of hydrogen-bond donors (Lipinski definition) is 0.